The number of methoxy groups -OCH3 is 1. The summed E-state index contributed by atoms with van der Waals surface area (Å²) in [6, 6.07) is 7.98. The van der Waals surface area contributed by atoms with Crippen LogP contribution in [-0.4, -0.2) is 54.1 Å². The normalized spacial score (nSPS) is 25.1. The number of benzene rings is 1. The van der Waals surface area contributed by atoms with Crippen molar-refractivity contribution < 1.29 is 14.9 Å². The molecule has 0 aromatic heterocycles. The molecule has 0 amide bonds. The third-order valence-electron chi connectivity index (χ3n) is 3.21. The predicted octanol–water partition coefficient (Wildman–Crippen LogP) is 0.275. The molecule has 0 bridgehead atoms. The molecule has 1 aliphatic rings. The summed E-state index contributed by atoms with van der Waals surface area (Å²) in [5.74, 6) is 0.862. The van der Waals surface area contributed by atoms with Gasteiger partial charge in [-0.1, -0.05) is 12.1 Å². The van der Waals surface area contributed by atoms with Gasteiger partial charge in [0.25, 0.3) is 0 Å². The third-order valence-corrected chi connectivity index (χ3v) is 3.21. The SMILES string of the molecule is COc1ccc(CCN2C[C@@H](O)[C@@H](O)C2)cc1. The number of likely N-dealkylation sites (tertiary alicyclic amines) is 1. The summed E-state index contributed by atoms with van der Waals surface area (Å²) in [4.78, 5) is 2.08. The second kappa shape index (κ2) is 5.49. The Hall–Kier alpha value is -1.10. The van der Waals surface area contributed by atoms with E-state index in [1.165, 1.54) is 5.56 Å². The number of β-amino-alcohol motifs (C(OH)–C–C–N with tert-alkyl or cyclic N) is 2. The molecule has 2 N–H and O–H groups in total. The number of nitrogens with zero attached hydrogens (tertiary/aromatic N) is 1. The van der Waals surface area contributed by atoms with E-state index < -0.39 is 12.2 Å². The largest absolute Gasteiger partial charge is 0.497 e. The number of ether oxygens (including phenoxy) is 1. The lowest BCUT2D eigenvalue weighted by molar-refractivity contribution is 0.0572. The van der Waals surface area contributed by atoms with Crippen molar-refractivity contribution in [1.82, 2.24) is 4.90 Å². The van der Waals surface area contributed by atoms with Crippen LogP contribution in [0.3, 0.4) is 0 Å². The number of aliphatic hydroxyl groups is 2. The molecule has 4 heteroatoms. The highest BCUT2D eigenvalue weighted by Gasteiger charge is 2.28. The van der Waals surface area contributed by atoms with Crippen molar-refractivity contribution in [2.45, 2.75) is 18.6 Å². The fraction of sp³-hybridized carbons (Fsp3) is 0.538. The summed E-state index contributed by atoms with van der Waals surface area (Å²) in [5, 5.41) is 18.9. The molecular formula is C13H19NO3. The van der Waals surface area contributed by atoms with Crippen LogP contribution in [-0.2, 0) is 6.42 Å². The summed E-state index contributed by atoms with van der Waals surface area (Å²) in [6.45, 7) is 2.00. The lowest BCUT2D eigenvalue weighted by Crippen LogP contribution is -2.24. The van der Waals surface area contributed by atoms with Crippen LogP contribution in [0.15, 0.2) is 24.3 Å². The molecule has 2 atom stereocenters. The van der Waals surface area contributed by atoms with E-state index in [9.17, 15) is 10.2 Å². The van der Waals surface area contributed by atoms with E-state index in [1.54, 1.807) is 7.11 Å². The molecule has 1 aliphatic heterocycles. The van der Waals surface area contributed by atoms with Gasteiger partial charge in [-0.3, -0.25) is 4.90 Å². The van der Waals surface area contributed by atoms with Crippen LogP contribution in [0.5, 0.6) is 5.75 Å². The van der Waals surface area contributed by atoms with Crippen molar-refractivity contribution in [3.05, 3.63) is 29.8 Å². The van der Waals surface area contributed by atoms with E-state index in [0.717, 1.165) is 18.7 Å². The minimum atomic E-state index is -0.592. The Balaban J connectivity index is 1.81. The van der Waals surface area contributed by atoms with Gasteiger partial charge in [-0.05, 0) is 24.1 Å². The van der Waals surface area contributed by atoms with Crippen molar-refractivity contribution in [1.29, 1.82) is 0 Å². The first-order valence-corrected chi connectivity index (χ1v) is 5.90. The summed E-state index contributed by atoms with van der Waals surface area (Å²) >= 11 is 0. The zero-order valence-electron chi connectivity index (χ0n) is 10.0. The molecule has 4 nitrogen and oxygen atoms in total. The molecule has 1 aromatic rings. The molecule has 17 heavy (non-hydrogen) atoms. The molecular weight excluding hydrogens is 218 g/mol. The van der Waals surface area contributed by atoms with Crippen molar-refractivity contribution in [3.8, 4) is 5.75 Å². The molecule has 0 aliphatic carbocycles. The Kier molecular flexibility index (Phi) is 3.99. The van der Waals surface area contributed by atoms with Gasteiger partial charge in [-0.15, -0.1) is 0 Å². The van der Waals surface area contributed by atoms with Crippen LogP contribution in [0.25, 0.3) is 0 Å². The van der Waals surface area contributed by atoms with Crippen molar-refractivity contribution in [2.24, 2.45) is 0 Å². The maximum atomic E-state index is 9.43. The van der Waals surface area contributed by atoms with E-state index in [4.69, 9.17) is 4.74 Å². The maximum Gasteiger partial charge on any atom is 0.118 e. The van der Waals surface area contributed by atoms with Crippen LogP contribution in [0.2, 0.25) is 0 Å². The highest BCUT2D eigenvalue weighted by molar-refractivity contribution is 5.27. The number of rotatable bonds is 4. The number of hydrogen-bond acceptors (Lipinski definition) is 4. The summed E-state index contributed by atoms with van der Waals surface area (Å²) < 4.78 is 5.10. The van der Waals surface area contributed by atoms with Crippen LogP contribution in [0, 0.1) is 0 Å². The molecule has 0 unspecified atom stereocenters. The van der Waals surface area contributed by atoms with Crippen LogP contribution in [0.4, 0.5) is 0 Å². The van der Waals surface area contributed by atoms with Gasteiger partial charge in [0.15, 0.2) is 0 Å². The van der Waals surface area contributed by atoms with E-state index in [2.05, 4.69) is 4.90 Å². The summed E-state index contributed by atoms with van der Waals surface area (Å²) in [6.07, 6.45) is -0.264. The van der Waals surface area contributed by atoms with E-state index in [1.807, 2.05) is 24.3 Å². The first kappa shape index (κ1) is 12.4. The molecule has 0 spiro atoms. The number of aliphatic hydroxyl groups excluding tert-OH is 2. The maximum absolute atomic E-state index is 9.43. The van der Waals surface area contributed by atoms with Gasteiger partial charge in [0.2, 0.25) is 0 Å². The minimum absolute atomic E-state index is 0.567. The second-order valence-corrected chi connectivity index (χ2v) is 4.49. The van der Waals surface area contributed by atoms with Gasteiger partial charge >= 0.3 is 0 Å². The van der Waals surface area contributed by atoms with Crippen molar-refractivity contribution in [3.63, 3.8) is 0 Å². The topological polar surface area (TPSA) is 52.9 Å². The van der Waals surface area contributed by atoms with Crippen LogP contribution < -0.4 is 4.74 Å². The van der Waals surface area contributed by atoms with Gasteiger partial charge < -0.3 is 14.9 Å². The quantitative estimate of drug-likeness (QED) is 0.789. The zero-order valence-corrected chi connectivity index (χ0v) is 10.0. The highest BCUT2D eigenvalue weighted by Crippen LogP contribution is 2.14. The standard InChI is InChI=1S/C13H19NO3/c1-17-11-4-2-10(3-5-11)6-7-14-8-12(15)13(16)9-14/h2-5,12-13,15-16H,6-9H2,1H3/t12-,13+. The molecule has 1 heterocycles. The molecule has 0 saturated carbocycles. The van der Waals surface area contributed by atoms with Gasteiger partial charge in [0.05, 0.1) is 19.3 Å². The molecule has 1 aromatic carbocycles. The predicted molar refractivity (Wildman–Crippen MR) is 65.2 cm³/mol. The van der Waals surface area contributed by atoms with Gasteiger partial charge in [0, 0.05) is 19.6 Å². The first-order valence-electron chi connectivity index (χ1n) is 5.90. The number of hydrogen-bond donors (Lipinski definition) is 2. The average Bonchev–Trinajstić information content (AvgIpc) is 2.67. The van der Waals surface area contributed by atoms with Crippen LogP contribution >= 0.6 is 0 Å². The fourth-order valence-electron chi connectivity index (χ4n) is 2.11. The molecule has 2 rings (SSSR count). The van der Waals surface area contributed by atoms with E-state index >= 15 is 0 Å². The smallest absolute Gasteiger partial charge is 0.118 e. The average molecular weight is 237 g/mol. The lowest BCUT2D eigenvalue weighted by Gasteiger charge is -2.14. The van der Waals surface area contributed by atoms with E-state index in [-0.39, 0.29) is 0 Å². The Morgan fingerprint density at radius 1 is 1.18 bits per heavy atom. The Morgan fingerprint density at radius 3 is 2.29 bits per heavy atom. The van der Waals surface area contributed by atoms with E-state index in [0.29, 0.717) is 13.1 Å². The summed E-state index contributed by atoms with van der Waals surface area (Å²) in [7, 11) is 1.65. The molecule has 0 radical (unpaired) electrons. The molecule has 94 valence electrons. The zero-order chi connectivity index (χ0) is 12.3. The monoisotopic (exact) mass is 237 g/mol. The van der Waals surface area contributed by atoms with Gasteiger partial charge in [0.1, 0.15) is 5.75 Å². The second-order valence-electron chi connectivity index (χ2n) is 4.49. The lowest BCUT2D eigenvalue weighted by atomic mass is 10.1. The highest BCUT2D eigenvalue weighted by atomic mass is 16.5. The Bertz CT molecular complexity index is 342. The van der Waals surface area contributed by atoms with Gasteiger partial charge in [-0.2, -0.15) is 0 Å². The minimum Gasteiger partial charge on any atom is -0.497 e. The van der Waals surface area contributed by atoms with Crippen molar-refractivity contribution >= 4 is 0 Å². The van der Waals surface area contributed by atoms with Gasteiger partial charge in [-0.25, -0.2) is 0 Å². The fourth-order valence-corrected chi connectivity index (χ4v) is 2.11. The Morgan fingerprint density at radius 2 is 1.76 bits per heavy atom. The Labute approximate surface area is 101 Å². The first-order chi connectivity index (χ1) is 8.19. The molecule has 1 saturated heterocycles. The van der Waals surface area contributed by atoms with Crippen LogP contribution in [0.1, 0.15) is 5.56 Å². The summed E-state index contributed by atoms with van der Waals surface area (Å²) in [5.41, 5.74) is 1.24. The molecule has 1 fully saturated rings. The third kappa shape index (κ3) is 3.19. The van der Waals surface area contributed by atoms with Crippen molar-refractivity contribution in [2.75, 3.05) is 26.7 Å².